The molecule has 0 radical (unpaired) electrons. The number of hydrogen-bond donors (Lipinski definition) is 1. The van der Waals surface area contributed by atoms with E-state index < -0.39 is 0 Å². The van der Waals surface area contributed by atoms with E-state index >= 15 is 0 Å². The molecule has 1 saturated carbocycles. The predicted octanol–water partition coefficient (Wildman–Crippen LogP) is 3.13. The molecule has 0 aromatic heterocycles. The van der Waals surface area contributed by atoms with Gasteiger partial charge in [-0.3, -0.25) is 4.79 Å². The van der Waals surface area contributed by atoms with Crippen molar-refractivity contribution >= 4 is 5.91 Å². The first kappa shape index (κ1) is 14.8. The lowest BCUT2D eigenvalue weighted by Crippen LogP contribution is -2.37. The minimum absolute atomic E-state index is 0.228. The summed E-state index contributed by atoms with van der Waals surface area (Å²) >= 11 is 0. The summed E-state index contributed by atoms with van der Waals surface area (Å²) in [6.07, 6.45) is 8.33. The van der Waals surface area contributed by atoms with Crippen LogP contribution in [0.15, 0.2) is 0 Å². The van der Waals surface area contributed by atoms with E-state index in [0.29, 0.717) is 6.54 Å². The highest BCUT2D eigenvalue weighted by Gasteiger charge is 2.24. The quantitative estimate of drug-likeness (QED) is 0.853. The van der Waals surface area contributed by atoms with Gasteiger partial charge in [-0.05, 0) is 56.8 Å². The van der Waals surface area contributed by atoms with Gasteiger partial charge in [0.25, 0.3) is 0 Å². The summed E-state index contributed by atoms with van der Waals surface area (Å²) in [4.78, 5) is 12.3. The highest BCUT2D eigenvalue weighted by Crippen LogP contribution is 2.29. The Morgan fingerprint density at radius 3 is 2.37 bits per heavy atom. The highest BCUT2D eigenvalue weighted by molar-refractivity contribution is 5.78. The molecule has 3 atom stereocenters. The monoisotopic (exact) mass is 267 g/mol. The summed E-state index contributed by atoms with van der Waals surface area (Å²) in [6.45, 7) is 6.21. The lowest BCUT2D eigenvalue weighted by molar-refractivity contribution is -0.126. The lowest BCUT2D eigenvalue weighted by atomic mass is 9.81. The first-order valence-electron chi connectivity index (χ1n) is 8.04. The van der Waals surface area contributed by atoms with Crippen molar-refractivity contribution in [1.82, 2.24) is 5.32 Å². The van der Waals surface area contributed by atoms with Gasteiger partial charge in [0.2, 0.25) is 5.91 Å². The Bertz CT molecular complexity index is 274. The lowest BCUT2D eigenvalue weighted by Gasteiger charge is -2.26. The van der Waals surface area contributed by atoms with Gasteiger partial charge in [-0.15, -0.1) is 0 Å². The summed E-state index contributed by atoms with van der Waals surface area (Å²) in [5.41, 5.74) is 0. The second kappa shape index (κ2) is 7.28. The number of carbonyl (C=O) groups is 1. The molecule has 0 bridgehead atoms. The van der Waals surface area contributed by atoms with Crippen molar-refractivity contribution in [2.45, 2.75) is 64.9 Å². The topological polar surface area (TPSA) is 38.3 Å². The first-order chi connectivity index (χ1) is 9.15. The summed E-state index contributed by atoms with van der Waals surface area (Å²) in [5, 5.41) is 3.11. The Morgan fingerprint density at radius 2 is 1.79 bits per heavy atom. The minimum atomic E-state index is 0.228. The molecule has 2 rings (SSSR count). The van der Waals surface area contributed by atoms with Crippen LogP contribution in [0.3, 0.4) is 0 Å². The standard InChI is InChI=1S/C16H29NO2/c1-12-5-7-14(8-6-13(2)10-12)16(18)17-11-15-4-3-9-19-15/h12-15H,3-11H2,1-2H3,(H,17,18). The largest absolute Gasteiger partial charge is 0.376 e. The van der Waals surface area contributed by atoms with Crippen molar-refractivity contribution in [3.05, 3.63) is 0 Å². The molecule has 2 aliphatic rings. The number of hydrogen-bond acceptors (Lipinski definition) is 2. The van der Waals surface area contributed by atoms with Crippen LogP contribution in [0, 0.1) is 17.8 Å². The maximum Gasteiger partial charge on any atom is 0.223 e. The molecule has 3 unspecified atom stereocenters. The van der Waals surface area contributed by atoms with E-state index in [9.17, 15) is 4.79 Å². The summed E-state index contributed by atoms with van der Waals surface area (Å²) in [5.74, 6) is 2.02. The summed E-state index contributed by atoms with van der Waals surface area (Å²) in [6, 6.07) is 0. The van der Waals surface area contributed by atoms with Gasteiger partial charge in [-0.2, -0.15) is 0 Å². The van der Waals surface area contributed by atoms with E-state index in [2.05, 4.69) is 19.2 Å². The maximum atomic E-state index is 12.3. The fraction of sp³-hybridized carbons (Fsp3) is 0.938. The number of ether oxygens (including phenoxy) is 1. The molecule has 0 aromatic rings. The first-order valence-corrected chi connectivity index (χ1v) is 8.04. The summed E-state index contributed by atoms with van der Waals surface area (Å²) in [7, 11) is 0. The van der Waals surface area contributed by atoms with Gasteiger partial charge in [-0.25, -0.2) is 0 Å². The van der Waals surface area contributed by atoms with Crippen molar-refractivity contribution in [1.29, 1.82) is 0 Å². The van der Waals surface area contributed by atoms with Crippen LogP contribution in [0.25, 0.3) is 0 Å². The zero-order chi connectivity index (χ0) is 13.7. The van der Waals surface area contributed by atoms with Gasteiger partial charge < -0.3 is 10.1 Å². The van der Waals surface area contributed by atoms with Gasteiger partial charge in [0.1, 0.15) is 0 Å². The van der Waals surface area contributed by atoms with Crippen LogP contribution < -0.4 is 5.32 Å². The number of nitrogens with one attached hydrogen (secondary N) is 1. The van der Waals surface area contributed by atoms with Crippen molar-refractivity contribution < 1.29 is 9.53 Å². The molecule has 1 amide bonds. The average Bonchev–Trinajstić information content (AvgIpc) is 2.87. The highest BCUT2D eigenvalue weighted by atomic mass is 16.5. The normalized spacial score (nSPS) is 36.5. The fourth-order valence-electron chi connectivity index (χ4n) is 3.46. The molecule has 1 saturated heterocycles. The van der Waals surface area contributed by atoms with Crippen LogP contribution in [0.5, 0.6) is 0 Å². The van der Waals surface area contributed by atoms with E-state index in [1.165, 1.54) is 19.3 Å². The van der Waals surface area contributed by atoms with Gasteiger partial charge in [0, 0.05) is 19.1 Å². The van der Waals surface area contributed by atoms with Crippen LogP contribution in [0.2, 0.25) is 0 Å². The molecule has 3 heteroatoms. The molecule has 1 heterocycles. The van der Waals surface area contributed by atoms with Crippen LogP contribution in [0.4, 0.5) is 0 Å². The third-order valence-electron chi connectivity index (χ3n) is 4.72. The molecule has 1 aliphatic carbocycles. The molecule has 19 heavy (non-hydrogen) atoms. The van der Waals surface area contributed by atoms with Gasteiger partial charge >= 0.3 is 0 Å². The fourth-order valence-corrected chi connectivity index (χ4v) is 3.46. The Balaban J connectivity index is 1.76. The number of amides is 1. The molecule has 1 aliphatic heterocycles. The van der Waals surface area contributed by atoms with E-state index in [4.69, 9.17) is 4.74 Å². The molecule has 0 aromatic carbocycles. The zero-order valence-corrected chi connectivity index (χ0v) is 12.5. The minimum Gasteiger partial charge on any atom is -0.376 e. The van der Waals surface area contributed by atoms with Crippen LogP contribution in [0.1, 0.15) is 58.8 Å². The van der Waals surface area contributed by atoms with E-state index in [-0.39, 0.29) is 17.9 Å². The Labute approximate surface area is 117 Å². The zero-order valence-electron chi connectivity index (χ0n) is 12.5. The summed E-state index contributed by atoms with van der Waals surface area (Å²) < 4.78 is 5.55. The Morgan fingerprint density at radius 1 is 1.11 bits per heavy atom. The molecular formula is C16H29NO2. The third-order valence-corrected chi connectivity index (χ3v) is 4.72. The van der Waals surface area contributed by atoms with Gasteiger partial charge in [0.15, 0.2) is 0 Å². The molecule has 110 valence electrons. The van der Waals surface area contributed by atoms with Crippen molar-refractivity contribution in [2.75, 3.05) is 13.2 Å². The third kappa shape index (κ3) is 4.79. The van der Waals surface area contributed by atoms with E-state index in [0.717, 1.165) is 44.1 Å². The smallest absolute Gasteiger partial charge is 0.223 e. The average molecular weight is 267 g/mol. The number of rotatable bonds is 3. The molecule has 0 spiro atoms. The van der Waals surface area contributed by atoms with Crippen molar-refractivity contribution in [3.8, 4) is 0 Å². The Hall–Kier alpha value is -0.570. The second-order valence-corrected chi connectivity index (χ2v) is 6.68. The van der Waals surface area contributed by atoms with Crippen LogP contribution >= 0.6 is 0 Å². The van der Waals surface area contributed by atoms with Crippen molar-refractivity contribution in [2.24, 2.45) is 17.8 Å². The van der Waals surface area contributed by atoms with Gasteiger partial charge in [0.05, 0.1) is 6.10 Å². The number of carbonyl (C=O) groups excluding carboxylic acids is 1. The predicted molar refractivity (Wildman–Crippen MR) is 76.9 cm³/mol. The van der Waals surface area contributed by atoms with Gasteiger partial charge in [-0.1, -0.05) is 13.8 Å². The second-order valence-electron chi connectivity index (χ2n) is 6.68. The molecule has 1 N–H and O–H groups in total. The molecule has 2 fully saturated rings. The van der Waals surface area contributed by atoms with E-state index in [1.54, 1.807) is 0 Å². The van der Waals surface area contributed by atoms with Crippen LogP contribution in [-0.4, -0.2) is 25.2 Å². The van der Waals surface area contributed by atoms with E-state index in [1.807, 2.05) is 0 Å². The maximum absolute atomic E-state index is 12.3. The van der Waals surface area contributed by atoms with Crippen LogP contribution in [-0.2, 0) is 9.53 Å². The SMILES string of the molecule is CC1CCC(C(=O)NCC2CCCO2)CCC(C)C1. The molecular weight excluding hydrogens is 238 g/mol. The molecule has 3 nitrogen and oxygen atoms in total. The Kier molecular flexibility index (Phi) is 5.68. The van der Waals surface area contributed by atoms with Crippen molar-refractivity contribution in [3.63, 3.8) is 0 Å².